The Hall–Kier alpha value is -1.95. The van der Waals surface area contributed by atoms with Gasteiger partial charge in [0.2, 0.25) is 0 Å². The molecule has 2 atom stereocenters. The van der Waals surface area contributed by atoms with E-state index in [1.54, 1.807) is 12.1 Å². The van der Waals surface area contributed by atoms with Crippen molar-refractivity contribution >= 4 is 45.6 Å². The Balaban J connectivity index is 1.59. The molecule has 0 bridgehead atoms. The van der Waals surface area contributed by atoms with Crippen molar-refractivity contribution in [2.75, 3.05) is 18.4 Å². The van der Waals surface area contributed by atoms with Crippen LogP contribution in [0.5, 0.6) is 0 Å². The lowest BCUT2D eigenvalue weighted by molar-refractivity contribution is 0.632. The average Bonchev–Trinajstić information content (AvgIpc) is 3.23. The van der Waals surface area contributed by atoms with Gasteiger partial charge in [0.25, 0.3) is 0 Å². The quantitative estimate of drug-likeness (QED) is 0.639. The lowest BCUT2D eigenvalue weighted by Crippen LogP contribution is -2.19. The zero-order chi connectivity index (χ0) is 17.9. The second-order valence-electron chi connectivity index (χ2n) is 6.99. The van der Waals surface area contributed by atoms with Gasteiger partial charge in [0.15, 0.2) is 5.82 Å². The Bertz CT molecular complexity index is 1040. The maximum Gasteiger partial charge on any atom is 0.166 e. The number of aromatic nitrogens is 2. The number of hydrogen-bond acceptors (Lipinski definition) is 4. The highest BCUT2D eigenvalue weighted by Crippen LogP contribution is 2.56. The first kappa shape index (κ1) is 16.2. The summed E-state index contributed by atoms with van der Waals surface area (Å²) in [6.07, 6.45) is 2.68. The Kier molecular flexibility index (Phi) is 3.61. The summed E-state index contributed by atoms with van der Waals surface area (Å²) in [5.41, 5.74) is 2.56. The standard InChI is InChI=1S/C19H15Cl2FN4/c20-13-2-4-15(17(22)16(13)21)26-18-12-5-10(1-3-14(12)24-9-25-18)19-6-11(19)7-23-8-19/h1-5,9,11,23H,6-8H2,(H,24,25,26)/t11-,19+/m0/s1. The van der Waals surface area contributed by atoms with Crippen LogP contribution in [0, 0.1) is 11.7 Å². The highest BCUT2D eigenvalue weighted by Gasteiger charge is 2.58. The molecule has 2 aliphatic rings. The van der Waals surface area contributed by atoms with E-state index in [-0.39, 0.29) is 21.1 Å². The molecule has 1 aliphatic carbocycles. The maximum absolute atomic E-state index is 14.4. The summed E-state index contributed by atoms with van der Waals surface area (Å²) in [4.78, 5) is 8.65. The van der Waals surface area contributed by atoms with E-state index in [4.69, 9.17) is 23.2 Å². The molecule has 2 N–H and O–H groups in total. The van der Waals surface area contributed by atoms with Crippen molar-refractivity contribution in [1.29, 1.82) is 0 Å². The van der Waals surface area contributed by atoms with Gasteiger partial charge in [-0.3, -0.25) is 0 Å². The van der Waals surface area contributed by atoms with Crippen LogP contribution in [-0.2, 0) is 5.41 Å². The summed E-state index contributed by atoms with van der Waals surface area (Å²) < 4.78 is 14.4. The van der Waals surface area contributed by atoms with E-state index < -0.39 is 5.82 Å². The minimum Gasteiger partial charge on any atom is -0.337 e. The number of halogens is 3. The van der Waals surface area contributed by atoms with Crippen molar-refractivity contribution in [3.05, 3.63) is 58.1 Å². The van der Waals surface area contributed by atoms with Crippen molar-refractivity contribution in [1.82, 2.24) is 15.3 Å². The van der Waals surface area contributed by atoms with E-state index in [2.05, 4.69) is 32.7 Å². The summed E-state index contributed by atoms with van der Waals surface area (Å²) in [6, 6.07) is 9.39. The van der Waals surface area contributed by atoms with E-state index >= 15 is 0 Å². The first-order valence-corrected chi connectivity index (χ1v) is 9.20. The average molecular weight is 389 g/mol. The summed E-state index contributed by atoms with van der Waals surface area (Å²) >= 11 is 11.8. The van der Waals surface area contributed by atoms with Gasteiger partial charge in [0, 0.05) is 17.3 Å². The molecular formula is C19H15Cl2FN4. The zero-order valence-electron chi connectivity index (χ0n) is 13.7. The van der Waals surface area contributed by atoms with Gasteiger partial charge in [-0.1, -0.05) is 29.3 Å². The summed E-state index contributed by atoms with van der Waals surface area (Å²) in [5.74, 6) is 0.658. The van der Waals surface area contributed by atoms with Crippen LogP contribution in [0.1, 0.15) is 12.0 Å². The Morgan fingerprint density at radius 1 is 1.19 bits per heavy atom. The van der Waals surface area contributed by atoms with Crippen molar-refractivity contribution in [3.8, 4) is 0 Å². The molecule has 1 saturated heterocycles. The lowest BCUT2D eigenvalue weighted by Gasteiger charge is -2.15. The number of rotatable bonds is 3. The molecule has 1 aliphatic heterocycles. The topological polar surface area (TPSA) is 49.8 Å². The molecule has 3 aromatic rings. The molecule has 0 spiro atoms. The third kappa shape index (κ3) is 2.38. The minimum absolute atomic E-state index is 0.104. The largest absolute Gasteiger partial charge is 0.337 e. The van der Waals surface area contributed by atoms with Gasteiger partial charge in [-0.2, -0.15) is 0 Å². The predicted octanol–water partition coefficient (Wildman–Crippen LogP) is 4.68. The Morgan fingerprint density at radius 3 is 2.85 bits per heavy atom. The number of nitrogens with one attached hydrogen (secondary N) is 2. The number of benzene rings is 2. The van der Waals surface area contributed by atoms with Gasteiger partial charge in [-0.15, -0.1) is 0 Å². The molecule has 0 radical (unpaired) electrons. The number of hydrogen-bond donors (Lipinski definition) is 2. The summed E-state index contributed by atoms with van der Waals surface area (Å²) in [5, 5.41) is 7.44. The molecule has 26 heavy (non-hydrogen) atoms. The summed E-state index contributed by atoms with van der Waals surface area (Å²) in [7, 11) is 0. The number of anilines is 2. The molecule has 2 fully saturated rings. The van der Waals surface area contributed by atoms with Crippen molar-refractivity contribution in [2.45, 2.75) is 11.8 Å². The second-order valence-corrected chi connectivity index (χ2v) is 7.78. The zero-order valence-corrected chi connectivity index (χ0v) is 15.2. The van der Waals surface area contributed by atoms with E-state index in [1.165, 1.54) is 18.3 Å². The maximum atomic E-state index is 14.4. The molecule has 2 aromatic carbocycles. The molecule has 2 heterocycles. The van der Waals surface area contributed by atoms with Crippen LogP contribution in [0.15, 0.2) is 36.7 Å². The van der Waals surface area contributed by atoms with Crippen LogP contribution in [0.4, 0.5) is 15.9 Å². The van der Waals surface area contributed by atoms with Crippen LogP contribution in [0.25, 0.3) is 10.9 Å². The molecule has 0 unspecified atom stereocenters. The Morgan fingerprint density at radius 2 is 2.08 bits per heavy atom. The molecule has 4 nitrogen and oxygen atoms in total. The molecular weight excluding hydrogens is 374 g/mol. The van der Waals surface area contributed by atoms with E-state index in [1.807, 2.05) is 6.07 Å². The first-order valence-electron chi connectivity index (χ1n) is 8.45. The van der Waals surface area contributed by atoms with Gasteiger partial charge in [-0.25, -0.2) is 14.4 Å². The highest BCUT2D eigenvalue weighted by atomic mass is 35.5. The van der Waals surface area contributed by atoms with Gasteiger partial charge in [0.1, 0.15) is 12.1 Å². The smallest absolute Gasteiger partial charge is 0.166 e. The second kappa shape index (κ2) is 5.78. The van der Waals surface area contributed by atoms with Gasteiger partial charge in [-0.05, 0) is 48.7 Å². The first-order chi connectivity index (χ1) is 12.6. The highest BCUT2D eigenvalue weighted by molar-refractivity contribution is 6.42. The van der Waals surface area contributed by atoms with Gasteiger partial charge >= 0.3 is 0 Å². The molecule has 1 aromatic heterocycles. The molecule has 132 valence electrons. The number of nitrogens with zero attached hydrogens (tertiary/aromatic N) is 2. The van der Waals surface area contributed by atoms with Crippen LogP contribution >= 0.6 is 23.2 Å². The SMILES string of the molecule is Fc1c(Nc2ncnc3ccc([C@@]45CNC[C@@H]4C5)cc23)ccc(Cl)c1Cl. The third-order valence-electron chi connectivity index (χ3n) is 5.56. The van der Waals surface area contributed by atoms with E-state index in [0.717, 1.165) is 24.0 Å². The minimum atomic E-state index is -0.595. The molecule has 7 heteroatoms. The fraction of sp³-hybridized carbons (Fsp3) is 0.263. The molecule has 1 saturated carbocycles. The predicted molar refractivity (Wildman–Crippen MR) is 102 cm³/mol. The fourth-order valence-electron chi connectivity index (χ4n) is 4.01. The van der Waals surface area contributed by atoms with Crippen molar-refractivity contribution < 1.29 is 4.39 Å². The number of piperidine rings is 1. The summed E-state index contributed by atoms with van der Waals surface area (Å²) in [6.45, 7) is 2.07. The van der Waals surface area contributed by atoms with Crippen molar-refractivity contribution in [2.24, 2.45) is 5.92 Å². The van der Waals surface area contributed by atoms with E-state index in [0.29, 0.717) is 11.7 Å². The van der Waals surface area contributed by atoms with Crippen molar-refractivity contribution in [3.63, 3.8) is 0 Å². The van der Waals surface area contributed by atoms with Crippen LogP contribution in [0.2, 0.25) is 10.0 Å². The fourth-order valence-corrected chi connectivity index (χ4v) is 4.32. The molecule has 5 rings (SSSR count). The number of fused-ring (bicyclic) bond motifs is 2. The van der Waals surface area contributed by atoms with E-state index in [9.17, 15) is 4.39 Å². The van der Waals surface area contributed by atoms with Crippen LogP contribution < -0.4 is 10.6 Å². The van der Waals surface area contributed by atoms with Gasteiger partial charge in [0.05, 0.1) is 21.2 Å². The molecule has 0 amide bonds. The Labute approximate surface area is 159 Å². The van der Waals surface area contributed by atoms with Crippen LogP contribution in [-0.4, -0.2) is 23.1 Å². The third-order valence-corrected chi connectivity index (χ3v) is 6.34. The monoisotopic (exact) mass is 388 g/mol. The van der Waals surface area contributed by atoms with Crippen LogP contribution in [0.3, 0.4) is 0 Å². The normalized spacial score (nSPS) is 23.9. The van der Waals surface area contributed by atoms with Gasteiger partial charge < -0.3 is 10.6 Å². The lowest BCUT2D eigenvalue weighted by atomic mass is 9.94.